The first-order valence-corrected chi connectivity index (χ1v) is 9.46. The van der Waals surface area contributed by atoms with Crippen molar-refractivity contribution in [1.29, 1.82) is 0 Å². The molecule has 1 aromatic heterocycles. The molecule has 3 N–H and O–H groups in total. The molecule has 7 nitrogen and oxygen atoms in total. The number of urea groups is 1. The number of fused-ring (bicyclic) bond motifs is 1. The highest BCUT2D eigenvalue weighted by Gasteiger charge is 2.40. The third kappa shape index (κ3) is 4.03. The molecule has 1 aliphatic heterocycles. The molecular formula is C20H25N5O2. The van der Waals surface area contributed by atoms with Gasteiger partial charge in [0.1, 0.15) is 0 Å². The highest BCUT2D eigenvalue weighted by Crippen LogP contribution is 2.40. The van der Waals surface area contributed by atoms with Crippen LogP contribution in [0, 0.1) is 0 Å². The number of nitrogens with one attached hydrogen (secondary N) is 2. The number of anilines is 1. The van der Waals surface area contributed by atoms with Gasteiger partial charge in [0, 0.05) is 30.7 Å². The van der Waals surface area contributed by atoms with E-state index in [1.54, 1.807) is 0 Å². The largest absolute Gasteiger partial charge is 0.394 e. The van der Waals surface area contributed by atoms with E-state index >= 15 is 0 Å². The molecule has 2 aromatic rings. The van der Waals surface area contributed by atoms with Crippen molar-refractivity contribution in [2.75, 3.05) is 18.5 Å². The summed E-state index contributed by atoms with van der Waals surface area (Å²) in [6, 6.07) is 10.4. The zero-order valence-corrected chi connectivity index (χ0v) is 15.4. The molecule has 4 rings (SSSR count). The van der Waals surface area contributed by atoms with Gasteiger partial charge in [-0.05, 0) is 30.9 Å². The first kappa shape index (κ1) is 17.7. The molecule has 3 unspecified atom stereocenters. The Kier molecular flexibility index (Phi) is 4.94. The Morgan fingerprint density at radius 3 is 2.96 bits per heavy atom. The van der Waals surface area contributed by atoms with E-state index in [0.717, 1.165) is 24.1 Å². The van der Waals surface area contributed by atoms with Gasteiger partial charge in [-0.1, -0.05) is 30.3 Å². The molecule has 142 valence electrons. The van der Waals surface area contributed by atoms with Gasteiger partial charge in [0.2, 0.25) is 5.95 Å². The van der Waals surface area contributed by atoms with Gasteiger partial charge in [0.15, 0.2) is 0 Å². The first-order valence-electron chi connectivity index (χ1n) is 9.46. The van der Waals surface area contributed by atoms with Crippen LogP contribution >= 0.6 is 0 Å². The Balaban J connectivity index is 1.36. The molecule has 27 heavy (non-hydrogen) atoms. The molecule has 2 heterocycles. The number of hydrogen-bond donors (Lipinski definition) is 3. The number of carbonyl (C=O) groups excluding carboxylic acids is 1. The number of aliphatic hydroxyl groups is 1. The summed E-state index contributed by atoms with van der Waals surface area (Å²) in [6.45, 7) is 3.03. The SMILES string of the molecule is CC(CO)Nc1ncc2c(n1)CN(C(=O)NC1CC1c1ccccc1)CC2. The van der Waals surface area contributed by atoms with Crippen molar-refractivity contribution < 1.29 is 9.90 Å². The van der Waals surface area contributed by atoms with E-state index in [0.29, 0.717) is 25.0 Å². The van der Waals surface area contributed by atoms with Crippen LogP contribution < -0.4 is 10.6 Å². The molecule has 1 aromatic carbocycles. The minimum atomic E-state index is -0.115. The Labute approximate surface area is 158 Å². The maximum Gasteiger partial charge on any atom is 0.317 e. The second kappa shape index (κ2) is 7.52. The summed E-state index contributed by atoms with van der Waals surface area (Å²) in [4.78, 5) is 23.3. The standard InChI is InChI=1S/C20H25N5O2/c1-13(12-26)22-19-21-10-15-7-8-25(11-18(15)23-19)20(27)24-17-9-16(17)14-5-3-2-4-6-14/h2-6,10,13,16-17,26H,7-9,11-12H2,1H3,(H,24,27)(H,21,22,23). The third-order valence-corrected chi connectivity index (χ3v) is 5.21. The fraction of sp³-hybridized carbons (Fsp3) is 0.450. The average Bonchev–Trinajstić information content (AvgIpc) is 3.47. The molecule has 3 atom stereocenters. The van der Waals surface area contributed by atoms with Crippen molar-refractivity contribution in [2.45, 2.75) is 44.3 Å². The minimum Gasteiger partial charge on any atom is -0.394 e. The lowest BCUT2D eigenvalue weighted by Gasteiger charge is -2.28. The van der Waals surface area contributed by atoms with Gasteiger partial charge in [-0.25, -0.2) is 14.8 Å². The Bertz CT molecular complexity index is 813. The second-order valence-corrected chi connectivity index (χ2v) is 7.37. The fourth-order valence-corrected chi connectivity index (χ4v) is 3.49. The Morgan fingerprint density at radius 1 is 1.37 bits per heavy atom. The van der Waals surface area contributed by atoms with Crippen molar-refractivity contribution in [3.63, 3.8) is 0 Å². The van der Waals surface area contributed by atoms with Crippen LogP contribution in [0.1, 0.15) is 36.1 Å². The highest BCUT2D eigenvalue weighted by atomic mass is 16.3. The summed E-state index contributed by atoms with van der Waals surface area (Å²) in [6.07, 6.45) is 3.57. The van der Waals surface area contributed by atoms with Gasteiger partial charge >= 0.3 is 6.03 Å². The zero-order valence-electron chi connectivity index (χ0n) is 15.4. The van der Waals surface area contributed by atoms with Crippen molar-refractivity contribution in [3.8, 4) is 0 Å². The number of amides is 2. The Morgan fingerprint density at radius 2 is 2.19 bits per heavy atom. The lowest BCUT2D eigenvalue weighted by atomic mass is 10.1. The number of aromatic nitrogens is 2. The van der Waals surface area contributed by atoms with E-state index in [4.69, 9.17) is 5.11 Å². The number of benzene rings is 1. The molecular weight excluding hydrogens is 342 g/mol. The number of carbonyl (C=O) groups is 1. The highest BCUT2D eigenvalue weighted by molar-refractivity contribution is 5.75. The number of nitrogens with zero attached hydrogens (tertiary/aromatic N) is 3. The van der Waals surface area contributed by atoms with Gasteiger partial charge in [-0.15, -0.1) is 0 Å². The summed E-state index contributed by atoms with van der Waals surface area (Å²) in [5.41, 5.74) is 3.23. The van der Waals surface area contributed by atoms with Crippen LogP contribution in [-0.2, 0) is 13.0 Å². The predicted molar refractivity (Wildman–Crippen MR) is 102 cm³/mol. The van der Waals surface area contributed by atoms with Crippen LogP contribution in [0.2, 0.25) is 0 Å². The molecule has 0 radical (unpaired) electrons. The van der Waals surface area contributed by atoms with Gasteiger partial charge in [0.05, 0.1) is 18.8 Å². The van der Waals surface area contributed by atoms with Crippen LogP contribution in [0.4, 0.5) is 10.7 Å². The molecule has 2 aliphatic rings. The summed E-state index contributed by atoms with van der Waals surface area (Å²) >= 11 is 0. The molecule has 7 heteroatoms. The van der Waals surface area contributed by atoms with Crippen LogP contribution in [0.3, 0.4) is 0 Å². The van der Waals surface area contributed by atoms with Crippen LogP contribution in [-0.4, -0.2) is 51.2 Å². The average molecular weight is 367 g/mol. The number of aliphatic hydroxyl groups excluding tert-OH is 1. The van der Waals surface area contributed by atoms with E-state index in [2.05, 4.69) is 32.7 Å². The van der Waals surface area contributed by atoms with Gasteiger partial charge in [-0.2, -0.15) is 0 Å². The van der Waals surface area contributed by atoms with Crippen molar-refractivity contribution in [1.82, 2.24) is 20.2 Å². The minimum absolute atomic E-state index is 0.0128. The molecule has 0 saturated heterocycles. The molecule has 1 fully saturated rings. The molecule has 2 amide bonds. The zero-order chi connectivity index (χ0) is 18.8. The van der Waals surface area contributed by atoms with E-state index in [9.17, 15) is 4.79 Å². The van der Waals surface area contributed by atoms with Crippen molar-refractivity contribution in [2.24, 2.45) is 0 Å². The van der Waals surface area contributed by atoms with Gasteiger partial charge in [-0.3, -0.25) is 0 Å². The summed E-state index contributed by atoms with van der Waals surface area (Å²) in [7, 11) is 0. The third-order valence-electron chi connectivity index (χ3n) is 5.21. The smallest absolute Gasteiger partial charge is 0.317 e. The fourth-order valence-electron chi connectivity index (χ4n) is 3.49. The first-order chi connectivity index (χ1) is 13.1. The van der Waals surface area contributed by atoms with Gasteiger partial charge in [0.25, 0.3) is 0 Å². The lowest BCUT2D eigenvalue weighted by molar-refractivity contribution is 0.190. The van der Waals surface area contributed by atoms with E-state index < -0.39 is 0 Å². The quantitative estimate of drug-likeness (QED) is 0.751. The molecule has 1 aliphatic carbocycles. The number of rotatable bonds is 5. The molecule has 1 saturated carbocycles. The van der Waals surface area contributed by atoms with Gasteiger partial charge < -0.3 is 20.6 Å². The van der Waals surface area contributed by atoms with Crippen LogP contribution in [0.5, 0.6) is 0 Å². The van der Waals surface area contributed by atoms with E-state index in [1.165, 1.54) is 5.56 Å². The predicted octanol–water partition coefficient (Wildman–Crippen LogP) is 1.89. The second-order valence-electron chi connectivity index (χ2n) is 7.37. The van der Waals surface area contributed by atoms with Crippen molar-refractivity contribution >= 4 is 12.0 Å². The monoisotopic (exact) mass is 367 g/mol. The maximum atomic E-state index is 12.7. The van der Waals surface area contributed by atoms with Crippen molar-refractivity contribution in [3.05, 3.63) is 53.3 Å². The van der Waals surface area contributed by atoms with Crippen LogP contribution in [0.15, 0.2) is 36.5 Å². The van der Waals surface area contributed by atoms with E-state index in [1.807, 2.05) is 36.2 Å². The molecule has 0 spiro atoms. The molecule has 0 bridgehead atoms. The summed E-state index contributed by atoms with van der Waals surface area (Å²) in [5, 5.41) is 15.4. The topological polar surface area (TPSA) is 90.4 Å². The normalized spacial score (nSPS) is 21.9. The maximum absolute atomic E-state index is 12.7. The summed E-state index contributed by atoms with van der Waals surface area (Å²) < 4.78 is 0. The van der Waals surface area contributed by atoms with Crippen LogP contribution in [0.25, 0.3) is 0 Å². The summed E-state index contributed by atoms with van der Waals surface area (Å²) in [5.74, 6) is 0.911. The number of hydrogen-bond acceptors (Lipinski definition) is 5. The van der Waals surface area contributed by atoms with E-state index in [-0.39, 0.29) is 24.7 Å². The Hall–Kier alpha value is -2.67. The lowest BCUT2D eigenvalue weighted by Crippen LogP contribution is -2.44.